The van der Waals surface area contributed by atoms with Crippen molar-refractivity contribution in [3.63, 3.8) is 0 Å². The van der Waals surface area contributed by atoms with Crippen LogP contribution in [0.1, 0.15) is 63.0 Å². The molecule has 2 atom stereocenters. The molecule has 0 amide bonds. The molecule has 0 spiro atoms. The molecular weight excluding hydrogens is 566 g/mol. The van der Waals surface area contributed by atoms with Gasteiger partial charge >= 0.3 is 5.97 Å². The van der Waals surface area contributed by atoms with Gasteiger partial charge in [0.2, 0.25) is 5.95 Å². The number of hydrogen-bond acceptors (Lipinski definition) is 8. The number of terminal acetylenes is 1. The van der Waals surface area contributed by atoms with E-state index in [0.29, 0.717) is 40.5 Å². The van der Waals surface area contributed by atoms with E-state index in [0.717, 1.165) is 30.8 Å². The van der Waals surface area contributed by atoms with Crippen LogP contribution < -0.4 is 15.4 Å². The number of ether oxygens (including phenoxy) is 1. The molecule has 1 N–H and O–H groups in total. The molecule has 0 bridgehead atoms. The van der Waals surface area contributed by atoms with E-state index in [1.807, 2.05) is 50.8 Å². The lowest BCUT2D eigenvalue weighted by Gasteiger charge is -2.42. The van der Waals surface area contributed by atoms with E-state index in [1.54, 1.807) is 29.8 Å². The molecule has 1 aromatic heterocycles. The maximum Gasteiger partial charge on any atom is 0.338 e. The summed E-state index contributed by atoms with van der Waals surface area (Å²) in [7, 11) is 1.76. The third kappa shape index (κ3) is 7.15. The van der Waals surface area contributed by atoms with Gasteiger partial charge in [-0.15, -0.1) is 6.42 Å². The second-order valence-electron chi connectivity index (χ2n) is 12.0. The normalized spacial score (nSPS) is 16.6. The minimum atomic E-state index is -0.591. The molecule has 1 aliphatic rings. The van der Waals surface area contributed by atoms with Crippen LogP contribution in [0.25, 0.3) is 10.9 Å². The van der Waals surface area contributed by atoms with Crippen molar-refractivity contribution in [2.24, 2.45) is 7.05 Å². The van der Waals surface area contributed by atoms with Gasteiger partial charge in [-0.1, -0.05) is 24.4 Å². The summed E-state index contributed by atoms with van der Waals surface area (Å²) in [4.78, 5) is 37.6. The molecule has 2 unspecified atom stereocenters. The van der Waals surface area contributed by atoms with Crippen molar-refractivity contribution in [3.8, 4) is 12.3 Å². The van der Waals surface area contributed by atoms with Crippen molar-refractivity contribution in [2.75, 3.05) is 49.1 Å². The molecule has 4 rings (SSSR count). The highest BCUT2D eigenvalue weighted by atomic mass is 35.5. The Morgan fingerprint density at radius 2 is 1.95 bits per heavy atom. The summed E-state index contributed by atoms with van der Waals surface area (Å²) < 4.78 is 7.10. The van der Waals surface area contributed by atoms with Gasteiger partial charge in [0, 0.05) is 50.0 Å². The highest BCUT2D eigenvalue weighted by Gasteiger charge is 2.29. The van der Waals surface area contributed by atoms with Gasteiger partial charge < -0.3 is 19.6 Å². The number of halogens is 1. The Hall–Kier alpha value is -3.58. The Morgan fingerprint density at radius 1 is 1.26 bits per heavy atom. The third-order valence-electron chi connectivity index (χ3n) is 7.89. The highest BCUT2D eigenvalue weighted by Crippen LogP contribution is 2.34. The van der Waals surface area contributed by atoms with E-state index >= 15 is 0 Å². The van der Waals surface area contributed by atoms with Crippen LogP contribution in [0.2, 0.25) is 5.02 Å². The second kappa shape index (κ2) is 13.4. The Labute approximate surface area is 259 Å². The van der Waals surface area contributed by atoms with Crippen LogP contribution >= 0.6 is 11.6 Å². The molecule has 0 aliphatic carbocycles. The van der Waals surface area contributed by atoms with Gasteiger partial charge in [0.15, 0.2) is 0 Å². The predicted molar refractivity (Wildman–Crippen MR) is 173 cm³/mol. The number of aliphatic hydroxyl groups is 1. The number of fused-ring (bicyclic) bond motifs is 1. The zero-order valence-corrected chi connectivity index (χ0v) is 26.7. The number of esters is 1. The van der Waals surface area contributed by atoms with Crippen molar-refractivity contribution in [3.05, 3.63) is 62.9 Å². The number of benzene rings is 2. The number of carbonyl (C=O) groups is 1. The van der Waals surface area contributed by atoms with E-state index in [-0.39, 0.29) is 30.8 Å². The number of piperazine rings is 1. The molecule has 0 saturated carbocycles. The summed E-state index contributed by atoms with van der Waals surface area (Å²) in [6.45, 7) is 12.9. The van der Waals surface area contributed by atoms with E-state index in [2.05, 4.69) is 22.6 Å². The quantitative estimate of drug-likeness (QED) is 0.278. The average molecular weight is 608 g/mol. The molecule has 3 aromatic rings. The molecular formula is C33H42ClN5O4. The topological polar surface area (TPSA) is 91.1 Å². The molecule has 230 valence electrons. The van der Waals surface area contributed by atoms with Crippen LogP contribution in [0.15, 0.2) is 41.2 Å². The minimum absolute atomic E-state index is 0.124. The summed E-state index contributed by atoms with van der Waals surface area (Å²) in [6.07, 6.45) is 6.64. The zero-order chi connectivity index (χ0) is 31.5. The Morgan fingerprint density at radius 3 is 2.56 bits per heavy atom. The van der Waals surface area contributed by atoms with Gasteiger partial charge in [-0.05, 0) is 76.1 Å². The summed E-state index contributed by atoms with van der Waals surface area (Å²) in [5.74, 6) is 2.94. The number of aliphatic hydroxyl groups excluding tert-OH is 1. The lowest BCUT2D eigenvalue weighted by atomic mass is 10.0. The van der Waals surface area contributed by atoms with Crippen molar-refractivity contribution in [1.82, 2.24) is 14.5 Å². The van der Waals surface area contributed by atoms with Gasteiger partial charge in [0.05, 0.1) is 35.7 Å². The zero-order valence-electron chi connectivity index (χ0n) is 25.9. The summed E-state index contributed by atoms with van der Waals surface area (Å²) in [6, 6.07) is 10.6. The van der Waals surface area contributed by atoms with Gasteiger partial charge in [-0.25, -0.2) is 9.78 Å². The lowest BCUT2D eigenvalue weighted by molar-refractivity contribution is 0.00695. The highest BCUT2D eigenvalue weighted by molar-refractivity contribution is 6.32. The van der Waals surface area contributed by atoms with Gasteiger partial charge in [0.1, 0.15) is 5.60 Å². The van der Waals surface area contributed by atoms with Crippen molar-refractivity contribution >= 4 is 40.1 Å². The number of carbonyl (C=O) groups excluding carboxylic acids is 1. The van der Waals surface area contributed by atoms with Crippen LogP contribution in [0.4, 0.5) is 11.6 Å². The number of nitrogens with zero attached hydrogens (tertiary/aromatic N) is 5. The molecule has 2 heterocycles. The number of rotatable bonds is 9. The van der Waals surface area contributed by atoms with E-state index < -0.39 is 11.6 Å². The number of anilines is 2. The smallest absolute Gasteiger partial charge is 0.338 e. The van der Waals surface area contributed by atoms with E-state index in [1.165, 1.54) is 0 Å². The maximum atomic E-state index is 13.7. The molecule has 2 aromatic carbocycles. The second-order valence-corrected chi connectivity index (χ2v) is 12.4. The fraction of sp³-hybridized carbons (Fsp3) is 0.485. The van der Waals surface area contributed by atoms with Crippen LogP contribution in [0, 0.1) is 12.3 Å². The molecule has 9 nitrogen and oxygen atoms in total. The first-order valence-corrected chi connectivity index (χ1v) is 15.1. The van der Waals surface area contributed by atoms with Crippen LogP contribution in [0.5, 0.6) is 0 Å². The fourth-order valence-corrected chi connectivity index (χ4v) is 5.91. The molecule has 10 heteroatoms. The number of β-amino-alcohol motifs (C(OH)–C–C–N with tert-alkyl or cyclic N) is 1. The number of aromatic nitrogens is 2. The molecule has 43 heavy (non-hydrogen) atoms. The Bertz CT molecular complexity index is 1560. The monoisotopic (exact) mass is 607 g/mol. The number of hydrogen-bond donors (Lipinski definition) is 1. The summed E-state index contributed by atoms with van der Waals surface area (Å²) in [5, 5.41) is 10.3. The Kier molecular flexibility index (Phi) is 10.1. The first-order chi connectivity index (χ1) is 20.4. The van der Waals surface area contributed by atoms with Gasteiger partial charge in [-0.2, -0.15) is 0 Å². The van der Waals surface area contributed by atoms with Crippen molar-refractivity contribution < 1.29 is 14.6 Å². The average Bonchev–Trinajstić information content (AvgIpc) is 2.96. The van der Waals surface area contributed by atoms with Crippen molar-refractivity contribution in [1.29, 1.82) is 0 Å². The van der Waals surface area contributed by atoms with Crippen LogP contribution in [-0.2, 0) is 11.8 Å². The van der Waals surface area contributed by atoms with E-state index in [4.69, 9.17) is 27.7 Å². The maximum absolute atomic E-state index is 13.7. The predicted octanol–water partition coefficient (Wildman–Crippen LogP) is 4.64. The molecule has 0 radical (unpaired) electrons. The minimum Gasteiger partial charge on any atom is -0.456 e. The largest absolute Gasteiger partial charge is 0.456 e. The van der Waals surface area contributed by atoms with Gasteiger partial charge in [-0.3, -0.25) is 14.3 Å². The van der Waals surface area contributed by atoms with Crippen molar-refractivity contribution in [2.45, 2.75) is 58.7 Å². The molecule has 1 aliphatic heterocycles. The first kappa shape index (κ1) is 32.3. The fourth-order valence-electron chi connectivity index (χ4n) is 5.60. The Balaban J connectivity index is 1.67. The summed E-state index contributed by atoms with van der Waals surface area (Å²) >= 11 is 6.87. The molecule has 1 saturated heterocycles. The third-order valence-corrected chi connectivity index (χ3v) is 8.22. The first-order valence-electron chi connectivity index (χ1n) is 14.7. The standard InChI is InChI=1S/C33H42ClN5O4/c1-8-14-38(25-12-10-23(11-13-25)31(42)43-33(4,5)6)22(3)26-19-27-29(20-28(26)34)35-32(36(7)30(27)41)39-16-15-37(17-18-40)21-24(39)9-2/h1,10-13,19-20,22,24,40H,9,14-18,21H2,2-7H3. The SMILES string of the molecule is C#CCN(c1ccc(C(=O)OC(C)(C)C)cc1)C(C)c1cc2c(=O)n(C)c(N3CCN(CCO)CC3CC)nc2cc1Cl. The van der Waals surface area contributed by atoms with Gasteiger partial charge in [0.25, 0.3) is 5.56 Å². The van der Waals surface area contributed by atoms with Crippen LogP contribution in [0.3, 0.4) is 0 Å². The van der Waals surface area contributed by atoms with E-state index in [9.17, 15) is 14.7 Å². The van der Waals surface area contributed by atoms with Crippen LogP contribution in [-0.4, -0.2) is 76.5 Å². The summed E-state index contributed by atoms with van der Waals surface area (Å²) in [5.41, 5.74) is 1.80. The lowest BCUT2D eigenvalue weighted by Crippen LogP contribution is -2.55. The molecule has 1 fully saturated rings.